The molecule has 0 aromatic heterocycles. The van der Waals surface area contributed by atoms with Gasteiger partial charge in [0.25, 0.3) is 0 Å². The maximum absolute atomic E-state index is 12.5. The Morgan fingerprint density at radius 1 is 1.13 bits per heavy atom. The SMILES string of the molecule is CN(CC(=O)NC(C)(C)C)CC(=O)N(C)C1(C#N)CCCCC1. The summed E-state index contributed by atoms with van der Waals surface area (Å²) >= 11 is 0. The molecule has 1 rings (SSSR count). The summed E-state index contributed by atoms with van der Waals surface area (Å²) in [4.78, 5) is 27.7. The highest BCUT2D eigenvalue weighted by atomic mass is 16.2. The van der Waals surface area contributed by atoms with Gasteiger partial charge in [-0.15, -0.1) is 0 Å². The number of nitrogens with zero attached hydrogens (tertiary/aromatic N) is 3. The van der Waals surface area contributed by atoms with Crippen molar-refractivity contribution >= 4 is 11.8 Å². The first kappa shape index (κ1) is 19.4. The van der Waals surface area contributed by atoms with Crippen LogP contribution in [0.1, 0.15) is 52.9 Å². The molecule has 1 aliphatic rings. The van der Waals surface area contributed by atoms with E-state index in [9.17, 15) is 14.9 Å². The molecule has 0 bridgehead atoms. The van der Waals surface area contributed by atoms with Crippen LogP contribution in [0.15, 0.2) is 0 Å². The minimum Gasteiger partial charge on any atom is -0.350 e. The van der Waals surface area contributed by atoms with Gasteiger partial charge in [-0.25, -0.2) is 0 Å². The molecule has 0 saturated heterocycles. The molecular formula is C17H30N4O2. The molecule has 0 aromatic carbocycles. The van der Waals surface area contributed by atoms with Crippen LogP contribution in [-0.2, 0) is 9.59 Å². The lowest BCUT2D eigenvalue weighted by Crippen LogP contribution is -2.53. The van der Waals surface area contributed by atoms with Crippen LogP contribution in [0.4, 0.5) is 0 Å². The van der Waals surface area contributed by atoms with Gasteiger partial charge < -0.3 is 10.2 Å². The molecule has 130 valence electrons. The second kappa shape index (κ2) is 7.78. The topological polar surface area (TPSA) is 76.4 Å². The van der Waals surface area contributed by atoms with E-state index >= 15 is 0 Å². The van der Waals surface area contributed by atoms with Crippen LogP contribution in [-0.4, -0.2) is 59.9 Å². The van der Waals surface area contributed by atoms with E-state index < -0.39 is 5.54 Å². The smallest absolute Gasteiger partial charge is 0.237 e. The highest BCUT2D eigenvalue weighted by molar-refractivity contribution is 5.82. The Kier molecular flexibility index (Phi) is 6.57. The first-order valence-corrected chi connectivity index (χ1v) is 8.27. The van der Waals surface area contributed by atoms with Crippen molar-refractivity contribution in [1.82, 2.24) is 15.1 Å². The Morgan fingerprint density at radius 2 is 1.70 bits per heavy atom. The number of rotatable bonds is 5. The first-order valence-electron chi connectivity index (χ1n) is 8.27. The number of amides is 2. The van der Waals surface area contributed by atoms with Crippen LogP contribution in [0.5, 0.6) is 0 Å². The summed E-state index contributed by atoms with van der Waals surface area (Å²) in [6, 6.07) is 2.35. The van der Waals surface area contributed by atoms with E-state index in [0.717, 1.165) is 32.1 Å². The monoisotopic (exact) mass is 322 g/mol. The maximum Gasteiger partial charge on any atom is 0.237 e. The van der Waals surface area contributed by atoms with Crippen molar-refractivity contribution in [2.45, 2.75) is 64.0 Å². The van der Waals surface area contributed by atoms with Crippen molar-refractivity contribution in [2.75, 3.05) is 27.2 Å². The molecule has 2 amide bonds. The molecule has 0 heterocycles. The molecule has 0 atom stereocenters. The highest BCUT2D eigenvalue weighted by Gasteiger charge is 2.38. The Hall–Kier alpha value is -1.61. The number of nitriles is 1. The van der Waals surface area contributed by atoms with Gasteiger partial charge in [0.05, 0.1) is 19.2 Å². The van der Waals surface area contributed by atoms with Crippen molar-refractivity contribution in [3.8, 4) is 6.07 Å². The quantitative estimate of drug-likeness (QED) is 0.832. The predicted octanol–water partition coefficient (Wildman–Crippen LogP) is 1.52. The molecule has 0 aromatic rings. The van der Waals surface area contributed by atoms with Gasteiger partial charge in [0.2, 0.25) is 11.8 Å². The van der Waals surface area contributed by atoms with Crippen LogP contribution < -0.4 is 5.32 Å². The third-order valence-electron chi connectivity index (χ3n) is 4.24. The number of nitrogens with one attached hydrogen (secondary N) is 1. The molecule has 0 radical (unpaired) electrons. The Bertz CT molecular complexity index is 470. The Morgan fingerprint density at radius 3 is 2.17 bits per heavy atom. The molecule has 1 N–H and O–H groups in total. The molecule has 1 saturated carbocycles. The molecule has 23 heavy (non-hydrogen) atoms. The third kappa shape index (κ3) is 5.83. The van der Waals surface area contributed by atoms with E-state index in [1.165, 1.54) is 0 Å². The lowest BCUT2D eigenvalue weighted by Gasteiger charge is -2.39. The fourth-order valence-corrected chi connectivity index (χ4v) is 2.99. The van der Waals surface area contributed by atoms with Crippen LogP contribution >= 0.6 is 0 Å². The second-order valence-corrected chi connectivity index (χ2v) is 7.63. The summed E-state index contributed by atoms with van der Waals surface area (Å²) in [6.45, 7) is 6.06. The van der Waals surface area contributed by atoms with Gasteiger partial charge in [-0.2, -0.15) is 5.26 Å². The first-order chi connectivity index (χ1) is 10.6. The van der Waals surface area contributed by atoms with Gasteiger partial charge in [0.15, 0.2) is 0 Å². The molecule has 6 heteroatoms. The largest absolute Gasteiger partial charge is 0.350 e. The van der Waals surface area contributed by atoms with Gasteiger partial charge in [-0.3, -0.25) is 14.5 Å². The van der Waals surface area contributed by atoms with Crippen LogP contribution in [0.2, 0.25) is 0 Å². The zero-order valence-corrected chi connectivity index (χ0v) is 15.1. The summed E-state index contributed by atoms with van der Waals surface area (Å²) in [6.07, 6.45) is 4.56. The number of likely N-dealkylation sites (N-methyl/N-ethyl adjacent to an activating group) is 2. The van der Waals surface area contributed by atoms with Gasteiger partial charge in [-0.05, 0) is 40.7 Å². The van der Waals surface area contributed by atoms with E-state index in [0.29, 0.717) is 0 Å². The summed E-state index contributed by atoms with van der Waals surface area (Å²) in [5.41, 5.74) is -0.963. The van der Waals surface area contributed by atoms with Gasteiger partial charge in [-0.1, -0.05) is 19.3 Å². The fourth-order valence-electron chi connectivity index (χ4n) is 2.99. The van der Waals surface area contributed by atoms with Crippen molar-refractivity contribution in [3.05, 3.63) is 0 Å². The number of carbonyl (C=O) groups is 2. The van der Waals surface area contributed by atoms with Gasteiger partial charge >= 0.3 is 0 Å². The molecule has 0 spiro atoms. The Balaban J connectivity index is 2.57. The molecular weight excluding hydrogens is 292 g/mol. The number of carbonyl (C=O) groups excluding carboxylic acids is 2. The zero-order valence-electron chi connectivity index (χ0n) is 15.1. The van der Waals surface area contributed by atoms with Crippen LogP contribution in [0.3, 0.4) is 0 Å². The zero-order chi connectivity index (χ0) is 17.7. The lowest BCUT2D eigenvalue weighted by molar-refractivity contribution is -0.136. The molecule has 1 fully saturated rings. The van der Waals surface area contributed by atoms with E-state index in [1.807, 2.05) is 20.8 Å². The van der Waals surface area contributed by atoms with E-state index in [2.05, 4.69) is 11.4 Å². The van der Waals surface area contributed by atoms with E-state index in [1.54, 1.807) is 23.9 Å². The minimum absolute atomic E-state index is 0.108. The average Bonchev–Trinajstić information content (AvgIpc) is 2.44. The fraction of sp³-hybridized carbons (Fsp3) is 0.824. The predicted molar refractivity (Wildman–Crippen MR) is 89.6 cm³/mol. The van der Waals surface area contributed by atoms with Crippen LogP contribution in [0, 0.1) is 11.3 Å². The molecule has 0 unspecified atom stereocenters. The van der Waals surface area contributed by atoms with E-state index in [4.69, 9.17) is 0 Å². The highest BCUT2D eigenvalue weighted by Crippen LogP contribution is 2.32. The normalized spacial score (nSPS) is 17.4. The average molecular weight is 322 g/mol. The van der Waals surface area contributed by atoms with Crippen molar-refractivity contribution < 1.29 is 9.59 Å². The summed E-state index contributed by atoms with van der Waals surface area (Å²) in [7, 11) is 3.45. The lowest BCUT2D eigenvalue weighted by atomic mass is 9.81. The summed E-state index contributed by atoms with van der Waals surface area (Å²) in [5, 5.41) is 12.4. The summed E-state index contributed by atoms with van der Waals surface area (Å²) < 4.78 is 0. The second-order valence-electron chi connectivity index (χ2n) is 7.63. The van der Waals surface area contributed by atoms with Crippen molar-refractivity contribution in [2.24, 2.45) is 0 Å². The molecule has 0 aliphatic heterocycles. The van der Waals surface area contributed by atoms with Crippen molar-refractivity contribution in [1.29, 1.82) is 5.26 Å². The molecule has 1 aliphatic carbocycles. The van der Waals surface area contributed by atoms with E-state index in [-0.39, 0.29) is 30.4 Å². The van der Waals surface area contributed by atoms with Gasteiger partial charge in [0, 0.05) is 12.6 Å². The Labute approximate surface area is 139 Å². The number of hydrogen-bond acceptors (Lipinski definition) is 4. The van der Waals surface area contributed by atoms with Crippen LogP contribution in [0.25, 0.3) is 0 Å². The standard InChI is InChI=1S/C17H30N4O2/c1-16(2,3)19-14(22)11-20(4)12-15(23)21(5)17(13-18)9-7-6-8-10-17/h6-12H2,1-5H3,(H,19,22). The third-order valence-corrected chi connectivity index (χ3v) is 4.24. The number of hydrogen-bond donors (Lipinski definition) is 1. The minimum atomic E-state index is -0.677. The van der Waals surface area contributed by atoms with Gasteiger partial charge in [0.1, 0.15) is 5.54 Å². The summed E-state index contributed by atoms with van der Waals surface area (Å²) in [5.74, 6) is -0.220. The maximum atomic E-state index is 12.5. The van der Waals surface area contributed by atoms with Crippen molar-refractivity contribution in [3.63, 3.8) is 0 Å². The molecule has 6 nitrogen and oxygen atoms in total.